The smallest absolute Gasteiger partial charge is 0.503 e. The molecule has 0 aliphatic rings. The standard InChI is InChI=1S/C13H10O2.CH2O3/c14-12-9-5-4-8-11(12)13(15)10-6-2-1-3-7-10;2-1(3)4/h1-9,14H;(H2,2,3,4). The van der Waals surface area contributed by atoms with E-state index in [-0.39, 0.29) is 11.5 Å². The second-order valence-corrected chi connectivity index (χ2v) is 3.49. The summed E-state index contributed by atoms with van der Waals surface area (Å²) in [5.74, 6) is -0.139. The molecular weight excluding hydrogens is 248 g/mol. The minimum absolute atomic E-state index is 0.0198. The average Bonchev–Trinajstić information content (AvgIpc) is 2.39. The first-order chi connectivity index (χ1) is 9.02. The molecule has 0 fully saturated rings. The van der Waals surface area contributed by atoms with E-state index >= 15 is 0 Å². The number of carbonyl (C=O) groups is 2. The summed E-state index contributed by atoms with van der Waals surface area (Å²) in [4.78, 5) is 20.5. The van der Waals surface area contributed by atoms with Crippen molar-refractivity contribution >= 4 is 11.9 Å². The summed E-state index contributed by atoms with van der Waals surface area (Å²) in [6.07, 6.45) is -1.83. The van der Waals surface area contributed by atoms with E-state index in [1.54, 1.807) is 42.5 Å². The average molecular weight is 260 g/mol. The van der Waals surface area contributed by atoms with E-state index in [4.69, 9.17) is 15.0 Å². The Labute approximate surface area is 109 Å². The first kappa shape index (κ1) is 14.2. The molecule has 0 amide bonds. The van der Waals surface area contributed by atoms with Crippen LogP contribution in [-0.4, -0.2) is 27.3 Å². The number of rotatable bonds is 2. The lowest BCUT2D eigenvalue weighted by atomic mass is 10.0. The highest BCUT2D eigenvalue weighted by molar-refractivity contribution is 6.10. The van der Waals surface area contributed by atoms with E-state index < -0.39 is 6.16 Å². The maximum absolute atomic E-state index is 11.9. The van der Waals surface area contributed by atoms with E-state index in [0.29, 0.717) is 11.1 Å². The molecule has 0 saturated heterocycles. The molecule has 5 nitrogen and oxygen atoms in total. The van der Waals surface area contributed by atoms with Crippen LogP contribution >= 0.6 is 0 Å². The molecule has 98 valence electrons. The maximum atomic E-state index is 11.9. The molecule has 5 heteroatoms. The van der Waals surface area contributed by atoms with Gasteiger partial charge in [0.1, 0.15) is 5.75 Å². The van der Waals surface area contributed by atoms with Gasteiger partial charge >= 0.3 is 6.16 Å². The Morgan fingerprint density at radius 2 is 1.26 bits per heavy atom. The van der Waals surface area contributed by atoms with Crippen molar-refractivity contribution in [1.82, 2.24) is 0 Å². The Morgan fingerprint density at radius 1 is 0.789 bits per heavy atom. The van der Waals surface area contributed by atoms with E-state index in [0.717, 1.165) is 0 Å². The van der Waals surface area contributed by atoms with E-state index in [1.165, 1.54) is 6.07 Å². The zero-order valence-corrected chi connectivity index (χ0v) is 9.85. The van der Waals surface area contributed by atoms with Crippen LogP contribution in [0.25, 0.3) is 0 Å². The molecule has 0 aliphatic heterocycles. The van der Waals surface area contributed by atoms with Crippen molar-refractivity contribution in [2.75, 3.05) is 0 Å². The maximum Gasteiger partial charge on any atom is 0.503 e. The SMILES string of the molecule is O=C(O)O.O=C(c1ccccc1)c1ccccc1O. The number of aromatic hydroxyl groups is 1. The summed E-state index contributed by atoms with van der Waals surface area (Å²) < 4.78 is 0. The summed E-state index contributed by atoms with van der Waals surface area (Å²) in [6, 6.07) is 15.5. The Balaban J connectivity index is 0.000000399. The molecule has 0 saturated carbocycles. The predicted octanol–water partition coefficient (Wildman–Crippen LogP) is 2.85. The van der Waals surface area contributed by atoms with Gasteiger partial charge in [-0.05, 0) is 12.1 Å². The fourth-order valence-electron chi connectivity index (χ4n) is 1.41. The van der Waals surface area contributed by atoms with Crippen LogP contribution in [0.3, 0.4) is 0 Å². The molecule has 0 atom stereocenters. The van der Waals surface area contributed by atoms with Gasteiger partial charge in [0, 0.05) is 5.56 Å². The predicted molar refractivity (Wildman–Crippen MR) is 68.6 cm³/mol. The minimum Gasteiger partial charge on any atom is -0.507 e. The van der Waals surface area contributed by atoms with Gasteiger partial charge in [0.05, 0.1) is 5.56 Å². The third kappa shape index (κ3) is 4.51. The van der Waals surface area contributed by atoms with Crippen molar-refractivity contribution in [2.45, 2.75) is 0 Å². The molecular formula is C14H12O5. The summed E-state index contributed by atoms with van der Waals surface area (Å²) in [6.45, 7) is 0. The first-order valence-electron chi connectivity index (χ1n) is 5.32. The van der Waals surface area contributed by atoms with Gasteiger partial charge in [0.2, 0.25) is 0 Å². The fraction of sp³-hybridized carbons (Fsp3) is 0. The van der Waals surface area contributed by atoms with Crippen LogP contribution < -0.4 is 0 Å². The normalized spacial score (nSPS) is 9.05. The van der Waals surface area contributed by atoms with Crippen molar-refractivity contribution in [3.8, 4) is 5.75 Å². The summed E-state index contributed by atoms with van der Waals surface area (Å²) >= 11 is 0. The van der Waals surface area contributed by atoms with Crippen molar-refractivity contribution < 1.29 is 24.9 Å². The molecule has 0 spiro atoms. The van der Waals surface area contributed by atoms with Gasteiger partial charge in [-0.25, -0.2) is 4.79 Å². The highest BCUT2D eigenvalue weighted by atomic mass is 16.6. The topological polar surface area (TPSA) is 94.8 Å². The van der Waals surface area contributed by atoms with Crippen molar-refractivity contribution in [3.63, 3.8) is 0 Å². The molecule has 0 bridgehead atoms. The van der Waals surface area contributed by atoms with E-state index in [9.17, 15) is 9.90 Å². The van der Waals surface area contributed by atoms with Crippen LogP contribution in [0.4, 0.5) is 4.79 Å². The molecule has 0 aromatic heterocycles. The number of para-hydroxylation sites is 1. The molecule has 2 aromatic rings. The number of hydrogen-bond acceptors (Lipinski definition) is 3. The van der Waals surface area contributed by atoms with Crippen LogP contribution in [0.2, 0.25) is 0 Å². The third-order valence-electron chi connectivity index (χ3n) is 2.18. The largest absolute Gasteiger partial charge is 0.507 e. The Kier molecular flexibility index (Phi) is 5.10. The summed E-state index contributed by atoms with van der Waals surface area (Å²) in [7, 11) is 0. The second-order valence-electron chi connectivity index (χ2n) is 3.49. The highest BCUT2D eigenvalue weighted by Crippen LogP contribution is 2.19. The quantitative estimate of drug-likeness (QED) is 0.722. The molecule has 3 N–H and O–H groups in total. The number of benzene rings is 2. The number of ketones is 1. The van der Waals surface area contributed by atoms with Crippen LogP contribution in [0.1, 0.15) is 15.9 Å². The van der Waals surface area contributed by atoms with Crippen LogP contribution in [0.15, 0.2) is 54.6 Å². The Bertz CT molecular complexity index is 559. The summed E-state index contributed by atoms with van der Waals surface area (Å²) in [5, 5.41) is 23.5. The van der Waals surface area contributed by atoms with Gasteiger partial charge in [-0.2, -0.15) is 0 Å². The number of carboxylic acid groups (broad SMARTS) is 2. The van der Waals surface area contributed by atoms with Gasteiger partial charge in [-0.1, -0.05) is 42.5 Å². The number of phenols is 1. The molecule has 2 rings (SSSR count). The lowest BCUT2D eigenvalue weighted by Gasteiger charge is -2.02. The van der Waals surface area contributed by atoms with Crippen molar-refractivity contribution in [1.29, 1.82) is 0 Å². The Hall–Kier alpha value is -2.82. The first-order valence-corrected chi connectivity index (χ1v) is 5.32. The molecule has 0 unspecified atom stereocenters. The monoisotopic (exact) mass is 260 g/mol. The molecule has 0 aliphatic carbocycles. The van der Waals surface area contributed by atoms with Crippen LogP contribution in [0.5, 0.6) is 5.75 Å². The van der Waals surface area contributed by atoms with Gasteiger partial charge in [-0.3, -0.25) is 4.79 Å². The van der Waals surface area contributed by atoms with Crippen LogP contribution in [0, 0.1) is 0 Å². The number of phenolic OH excluding ortho intramolecular Hbond substituents is 1. The van der Waals surface area contributed by atoms with Crippen molar-refractivity contribution in [2.24, 2.45) is 0 Å². The fourth-order valence-corrected chi connectivity index (χ4v) is 1.41. The van der Waals surface area contributed by atoms with Gasteiger partial charge < -0.3 is 15.3 Å². The summed E-state index contributed by atoms with van der Waals surface area (Å²) in [5.41, 5.74) is 0.919. The molecule has 19 heavy (non-hydrogen) atoms. The lowest BCUT2D eigenvalue weighted by molar-refractivity contribution is 0.103. The third-order valence-corrected chi connectivity index (χ3v) is 2.18. The zero-order chi connectivity index (χ0) is 14.3. The second kappa shape index (κ2) is 6.80. The molecule has 2 aromatic carbocycles. The van der Waals surface area contributed by atoms with E-state index in [1.807, 2.05) is 6.07 Å². The zero-order valence-electron chi connectivity index (χ0n) is 9.85. The van der Waals surface area contributed by atoms with Crippen LogP contribution in [-0.2, 0) is 0 Å². The van der Waals surface area contributed by atoms with Gasteiger partial charge in [0.25, 0.3) is 0 Å². The van der Waals surface area contributed by atoms with Gasteiger partial charge in [0.15, 0.2) is 5.78 Å². The van der Waals surface area contributed by atoms with E-state index in [2.05, 4.69) is 0 Å². The van der Waals surface area contributed by atoms with Gasteiger partial charge in [-0.15, -0.1) is 0 Å². The molecule has 0 radical (unpaired) electrons. The number of carbonyl (C=O) groups excluding carboxylic acids is 1. The Morgan fingerprint density at radius 3 is 1.79 bits per heavy atom. The minimum atomic E-state index is -1.83. The molecule has 0 heterocycles. The highest BCUT2D eigenvalue weighted by Gasteiger charge is 2.11. The lowest BCUT2D eigenvalue weighted by Crippen LogP contribution is -2.00. The van der Waals surface area contributed by atoms with Crippen molar-refractivity contribution in [3.05, 3.63) is 65.7 Å². The number of hydrogen-bond donors (Lipinski definition) is 3.